The maximum absolute atomic E-state index is 12.7. The summed E-state index contributed by atoms with van der Waals surface area (Å²) in [6.07, 6.45) is 0.773. The summed E-state index contributed by atoms with van der Waals surface area (Å²) in [5.74, 6) is 1.04. The van der Waals surface area contributed by atoms with Crippen molar-refractivity contribution in [3.05, 3.63) is 53.1 Å². The van der Waals surface area contributed by atoms with Gasteiger partial charge in [-0.25, -0.2) is 4.79 Å². The molecule has 1 aliphatic heterocycles. The van der Waals surface area contributed by atoms with Crippen LogP contribution >= 0.6 is 0 Å². The molecule has 1 aliphatic rings. The highest BCUT2D eigenvalue weighted by Crippen LogP contribution is 2.33. The van der Waals surface area contributed by atoms with E-state index in [1.165, 1.54) is 5.56 Å². The molecular weight excluding hydrogens is 372 g/mol. The molecule has 0 fully saturated rings. The predicted molar refractivity (Wildman–Crippen MR) is 110 cm³/mol. The Hall–Kier alpha value is -3.22. The third kappa shape index (κ3) is 4.80. The number of anilines is 1. The molecule has 1 amide bonds. The largest absolute Gasteiger partial charge is 0.493 e. The van der Waals surface area contributed by atoms with Crippen molar-refractivity contribution in [1.29, 1.82) is 0 Å². The number of nitrogens with one attached hydrogen (secondary N) is 1. The lowest BCUT2D eigenvalue weighted by molar-refractivity contribution is -0.130. The van der Waals surface area contributed by atoms with Gasteiger partial charge in [-0.1, -0.05) is 0 Å². The van der Waals surface area contributed by atoms with Gasteiger partial charge in [0.25, 0.3) is 0 Å². The Balaban J connectivity index is 1.59. The molecule has 0 bridgehead atoms. The third-order valence-electron chi connectivity index (χ3n) is 4.91. The van der Waals surface area contributed by atoms with E-state index in [4.69, 9.17) is 14.2 Å². The summed E-state index contributed by atoms with van der Waals surface area (Å²) in [6.45, 7) is 3.49. The van der Waals surface area contributed by atoms with Gasteiger partial charge in [0.05, 0.1) is 32.9 Å². The van der Waals surface area contributed by atoms with Gasteiger partial charge in [-0.05, 0) is 60.9 Å². The van der Waals surface area contributed by atoms with Crippen LogP contribution in [-0.2, 0) is 22.5 Å². The van der Waals surface area contributed by atoms with Gasteiger partial charge in [0.2, 0.25) is 5.91 Å². The van der Waals surface area contributed by atoms with Crippen molar-refractivity contribution < 1.29 is 23.8 Å². The zero-order valence-corrected chi connectivity index (χ0v) is 17.0. The zero-order valence-electron chi connectivity index (χ0n) is 17.0. The number of ether oxygens (including phenoxy) is 3. The number of methoxy groups -OCH3 is 2. The van der Waals surface area contributed by atoms with Crippen LogP contribution in [0, 0.1) is 0 Å². The van der Waals surface area contributed by atoms with Crippen LogP contribution in [0.25, 0.3) is 0 Å². The Kier molecular flexibility index (Phi) is 6.59. The number of rotatable bonds is 7. The second-order valence-electron chi connectivity index (χ2n) is 6.69. The topological polar surface area (TPSA) is 77.1 Å². The maximum Gasteiger partial charge on any atom is 0.338 e. The van der Waals surface area contributed by atoms with E-state index in [9.17, 15) is 9.59 Å². The normalized spacial score (nSPS) is 12.7. The Labute approximate surface area is 170 Å². The average Bonchev–Trinajstić information content (AvgIpc) is 2.76. The lowest BCUT2D eigenvalue weighted by Crippen LogP contribution is -2.39. The molecule has 0 spiro atoms. The van der Waals surface area contributed by atoms with Crippen molar-refractivity contribution in [2.75, 3.05) is 39.2 Å². The molecule has 7 nitrogen and oxygen atoms in total. The highest BCUT2D eigenvalue weighted by Gasteiger charge is 2.22. The number of carbonyl (C=O) groups is 2. The van der Waals surface area contributed by atoms with Gasteiger partial charge in [0.1, 0.15) is 0 Å². The molecule has 29 heavy (non-hydrogen) atoms. The first-order valence-corrected chi connectivity index (χ1v) is 9.58. The van der Waals surface area contributed by atoms with Crippen molar-refractivity contribution in [2.45, 2.75) is 19.9 Å². The Bertz CT molecular complexity index is 880. The molecular formula is C22H26N2O5. The van der Waals surface area contributed by atoms with E-state index >= 15 is 0 Å². The molecule has 7 heteroatoms. The number of amides is 1. The minimum absolute atomic E-state index is 0.0138. The minimum Gasteiger partial charge on any atom is -0.493 e. The first-order valence-electron chi connectivity index (χ1n) is 9.58. The second kappa shape index (κ2) is 9.32. The van der Waals surface area contributed by atoms with Crippen LogP contribution < -0.4 is 14.8 Å². The van der Waals surface area contributed by atoms with E-state index in [0.717, 1.165) is 17.7 Å². The molecule has 2 aromatic rings. The van der Waals surface area contributed by atoms with Gasteiger partial charge >= 0.3 is 5.97 Å². The Morgan fingerprint density at radius 3 is 2.31 bits per heavy atom. The summed E-state index contributed by atoms with van der Waals surface area (Å²) in [4.78, 5) is 26.2. The van der Waals surface area contributed by atoms with Gasteiger partial charge in [-0.3, -0.25) is 4.79 Å². The molecule has 154 valence electrons. The Morgan fingerprint density at radius 2 is 1.69 bits per heavy atom. The van der Waals surface area contributed by atoms with Crippen LogP contribution in [0.15, 0.2) is 36.4 Å². The smallest absolute Gasteiger partial charge is 0.338 e. The Morgan fingerprint density at radius 1 is 1.03 bits per heavy atom. The summed E-state index contributed by atoms with van der Waals surface area (Å²) in [6, 6.07) is 10.8. The standard InChI is InChI=1S/C22H26N2O5/c1-4-29-22(26)15-5-7-18(8-6-15)23-13-21(25)24-10-9-16-11-19(27-2)20(28-3)12-17(16)14-24/h5-8,11-12,23H,4,9-10,13-14H2,1-3H3. The van der Waals surface area contributed by atoms with Gasteiger partial charge in [0, 0.05) is 18.8 Å². The first kappa shape index (κ1) is 20.5. The van der Waals surface area contributed by atoms with E-state index in [1.807, 2.05) is 17.0 Å². The number of carbonyl (C=O) groups excluding carboxylic acids is 2. The molecule has 2 aromatic carbocycles. The van der Waals surface area contributed by atoms with Gasteiger partial charge in [-0.15, -0.1) is 0 Å². The van der Waals surface area contributed by atoms with E-state index in [0.29, 0.717) is 36.8 Å². The fraction of sp³-hybridized carbons (Fsp3) is 0.364. The van der Waals surface area contributed by atoms with Crippen LogP contribution in [0.1, 0.15) is 28.4 Å². The number of hydrogen-bond acceptors (Lipinski definition) is 6. The monoisotopic (exact) mass is 398 g/mol. The fourth-order valence-electron chi connectivity index (χ4n) is 3.32. The quantitative estimate of drug-likeness (QED) is 0.723. The highest BCUT2D eigenvalue weighted by atomic mass is 16.5. The van der Waals surface area contributed by atoms with Crippen molar-refractivity contribution in [3.63, 3.8) is 0 Å². The van der Waals surface area contributed by atoms with Gasteiger partial charge in [-0.2, -0.15) is 0 Å². The first-order chi connectivity index (χ1) is 14.0. The number of benzene rings is 2. The number of hydrogen-bond donors (Lipinski definition) is 1. The number of fused-ring (bicyclic) bond motifs is 1. The lowest BCUT2D eigenvalue weighted by atomic mass is 9.98. The fourth-order valence-corrected chi connectivity index (χ4v) is 3.32. The van der Waals surface area contributed by atoms with Crippen molar-refractivity contribution in [3.8, 4) is 11.5 Å². The highest BCUT2D eigenvalue weighted by molar-refractivity contribution is 5.90. The van der Waals surface area contributed by atoms with E-state index in [2.05, 4.69) is 5.32 Å². The molecule has 0 saturated carbocycles. The summed E-state index contributed by atoms with van der Waals surface area (Å²) in [5, 5.41) is 3.12. The molecule has 0 saturated heterocycles. The van der Waals surface area contributed by atoms with E-state index < -0.39 is 0 Å². The molecule has 0 aromatic heterocycles. The molecule has 0 atom stereocenters. The average molecular weight is 398 g/mol. The lowest BCUT2D eigenvalue weighted by Gasteiger charge is -2.30. The number of esters is 1. The second-order valence-corrected chi connectivity index (χ2v) is 6.69. The molecule has 0 unspecified atom stereocenters. The molecule has 0 aliphatic carbocycles. The van der Waals surface area contributed by atoms with Crippen LogP contribution in [-0.4, -0.2) is 50.7 Å². The van der Waals surface area contributed by atoms with Crippen LogP contribution in [0.4, 0.5) is 5.69 Å². The van der Waals surface area contributed by atoms with Gasteiger partial charge < -0.3 is 24.4 Å². The van der Waals surface area contributed by atoms with E-state index in [1.54, 1.807) is 45.4 Å². The molecule has 1 heterocycles. The maximum atomic E-state index is 12.7. The predicted octanol–water partition coefficient (Wildman–Crippen LogP) is 2.88. The number of nitrogens with zero attached hydrogens (tertiary/aromatic N) is 1. The van der Waals surface area contributed by atoms with Crippen LogP contribution in [0.5, 0.6) is 11.5 Å². The summed E-state index contributed by atoms with van der Waals surface area (Å²) >= 11 is 0. The van der Waals surface area contributed by atoms with Gasteiger partial charge in [0.15, 0.2) is 11.5 Å². The third-order valence-corrected chi connectivity index (χ3v) is 4.91. The zero-order chi connectivity index (χ0) is 20.8. The van der Waals surface area contributed by atoms with Crippen molar-refractivity contribution >= 4 is 17.6 Å². The van der Waals surface area contributed by atoms with Crippen molar-refractivity contribution in [1.82, 2.24) is 4.90 Å². The minimum atomic E-state index is -0.353. The molecule has 0 radical (unpaired) electrons. The summed E-state index contributed by atoms with van der Waals surface area (Å²) in [5.41, 5.74) is 3.51. The molecule has 3 rings (SSSR count). The van der Waals surface area contributed by atoms with E-state index in [-0.39, 0.29) is 18.4 Å². The SMILES string of the molecule is CCOC(=O)c1ccc(NCC(=O)N2CCc3cc(OC)c(OC)cc3C2)cc1. The summed E-state index contributed by atoms with van der Waals surface area (Å²) < 4.78 is 15.7. The van der Waals surface area contributed by atoms with Crippen molar-refractivity contribution in [2.24, 2.45) is 0 Å². The molecule has 1 N–H and O–H groups in total. The summed E-state index contributed by atoms with van der Waals surface area (Å²) in [7, 11) is 3.22. The van der Waals surface area contributed by atoms with Crippen LogP contribution in [0.3, 0.4) is 0 Å². The van der Waals surface area contributed by atoms with Crippen LogP contribution in [0.2, 0.25) is 0 Å².